The van der Waals surface area contributed by atoms with Crippen molar-refractivity contribution in [3.63, 3.8) is 0 Å². The molecule has 3 N–H and O–H groups in total. The number of aromatic nitrogens is 1. The highest BCUT2D eigenvalue weighted by molar-refractivity contribution is 5.87. The van der Waals surface area contributed by atoms with Crippen LogP contribution in [0.25, 0.3) is 0 Å². The molecule has 0 aliphatic carbocycles. The summed E-state index contributed by atoms with van der Waals surface area (Å²) in [5.74, 6) is -2.06. The van der Waals surface area contributed by atoms with Gasteiger partial charge in [0.25, 0.3) is 0 Å². The molecule has 0 radical (unpaired) electrons. The standard InChI is InChI=1S/C20H22F2N4O2/c1-13(17-15(21)11-24-12-16(17)22)25-19(28)26-9-7-20(8-10-26,18(23)27)14-5-3-2-4-6-14/h2-6,11-13H,7-10H2,1H3,(H2,23,27)(H,25,28). The number of rotatable bonds is 4. The molecule has 6 nitrogen and oxygen atoms in total. The van der Waals surface area contributed by atoms with E-state index in [4.69, 9.17) is 5.73 Å². The molecule has 1 unspecified atom stereocenters. The fourth-order valence-corrected chi connectivity index (χ4v) is 3.71. The van der Waals surface area contributed by atoms with E-state index >= 15 is 0 Å². The Morgan fingerprint density at radius 2 is 1.71 bits per heavy atom. The SMILES string of the molecule is CC(NC(=O)N1CCC(C(N)=O)(c2ccccc2)CC1)c1c(F)cncc1F. The second kappa shape index (κ2) is 7.92. The van der Waals surface area contributed by atoms with Crippen LogP contribution < -0.4 is 11.1 Å². The molecule has 2 heterocycles. The molecule has 28 heavy (non-hydrogen) atoms. The van der Waals surface area contributed by atoms with Crippen molar-refractivity contribution in [2.75, 3.05) is 13.1 Å². The third-order valence-corrected chi connectivity index (χ3v) is 5.37. The van der Waals surface area contributed by atoms with Crippen molar-refractivity contribution in [2.45, 2.75) is 31.2 Å². The van der Waals surface area contributed by atoms with Gasteiger partial charge in [-0.05, 0) is 25.3 Å². The number of halogens is 2. The summed E-state index contributed by atoms with van der Waals surface area (Å²) in [5.41, 5.74) is 5.46. The van der Waals surface area contributed by atoms with E-state index in [9.17, 15) is 18.4 Å². The van der Waals surface area contributed by atoms with E-state index < -0.39 is 35.0 Å². The normalized spacial score (nSPS) is 17.0. The molecule has 1 saturated heterocycles. The summed E-state index contributed by atoms with van der Waals surface area (Å²) in [6.45, 7) is 2.11. The highest BCUT2D eigenvalue weighted by Gasteiger charge is 2.42. The maximum absolute atomic E-state index is 13.9. The summed E-state index contributed by atoms with van der Waals surface area (Å²) >= 11 is 0. The highest BCUT2D eigenvalue weighted by atomic mass is 19.1. The average molecular weight is 388 g/mol. The van der Waals surface area contributed by atoms with E-state index in [1.165, 1.54) is 11.8 Å². The Hall–Kier alpha value is -3.03. The van der Waals surface area contributed by atoms with Gasteiger partial charge in [0.1, 0.15) is 11.6 Å². The molecule has 2 aromatic rings. The minimum Gasteiger partial charge on any atom is -0.369 e. The number of carbonyl (C=O) groups excluding carboxylic acids is 2. The van der Waals surface area contributed by atoms with Crippen LogP contribution in [-0.2, 0) is 10.2 Å². The van der Waals surface area contributed by atoms with Crippen molar-refractivity contribution >= 4 is 11.9 Å². The van der Waals surface area contributed by atoms with Gasteiger partial charge in [-0.3, -0.25) is 9.78 Å². The molecular formula is C20H22F2N4O2. The van der Waals surface area contributed by atoms with Crippen LogP contribution in [0, 0.1) is 11.6 Å². The van der Waals surface area contributed by atoms with Crippen LogP contribution in [-0.4, -0.2) is 34.9 Å². The van der Waals surface area contributed by atoms with Crippen molar-refractivity contribution in [2.24, 2.45) is 5.73 Å². The molecule has 1 aliphatic rings. The molecule has 1 aromatic heterocycles. The minimum absolute atomic E-state index is 0.240. The fraction of sp³-hybridized carbons (Fsp3) is 0.350. The van der Waals surface area contributed by atoms with E-state index in [2.05, 4.69) is 10.3 Å². The molecule has 1 aromatic carbocycles. The first-order valence-corrected chi connectivity index (χ1v) is 9.05. The largest absolute Gasteiger partial charge is 0.369 e. The van der Waals surface area contributed by atoms with Crippen LogP contribution in [0.15, 0.2) is 42.7 Å². The van der Waals surface area contributed by atoms with Gasteiger partial charge in [0.15, 0.2) is 0 Å². The summed E-state index contributed by atoms with van der Waals surface area (Å²) in [6.07, 6.45) is 2.57. The summed E-state index contributed by atoms with van der Waals surface area (Å²) in [4.78, 5) is 29.7. The third-order valence-electron chi connectivity index (χ3n) is 5.37. The van der Waals surface area contributed by atoms with Crippen molar-refractivity contribution < 1.29 is 18.4 Å². The second-order valence-corrected chi connectivity index (χ2v) is 6.99. The van der Waals surface area contributed by atoms with E-state index in [0.29, 0.717) is 25.9 Å². The van der Waals surface area contributed by atoms with Crippen LogP contribution in [0.1, 0.15) is 36.9 Å². The molecule has 3 amide bonds. The molecule has 0 spiro atoms. The Morgan fingerprint density at radius 3 is 2.25 bits per heavy atom. The molecule has 1 atom stereocenters. The number of nitrogens with one attached hydrogen (secondary N) is 1. The maximum Gasteiger partial charge on any atom is 0.317 e. The Balaban J connectivity index is 1.69. The van der Waals surface area contributed by atoms with Crippen LogP contribution in [0.5, 0.6) is 0 Å². The van der Waals surface area contributed by atoms with Gasteiger partial charge >= 0.3 is 6.03 Å². The van der Waals surface area contributed by atoms with Crippen LogP contribution in [0.4, 0.5) is 13.6 Å². The summed E-state index contributed by atoms with van der Waals surface area (Å²) in [6, 6.07) is 7.95. The van der Waals surface area contributed by atoms with Gasteiger partial charge in [0.05, 0.1) is 23.9 Å². The molecule has 1 aliphatic heterocycles. The minimum atomic E-state index is -0.868. The average Bonchev–Trinajstić information content (AvgIpc) is 2.68. The summed E-state index contributed by atoms with van der Waals surface area (Å²) in [5, 5.41) is 2.61. The topological polar surface area (TPSA) is 88.3 Å². The fourth-order valence-electron chi connectivity index (χ4n) is 3.71. The molecule has 0 saturated carbocycles. The highest BCUT2D eigenvalue weighted by Crippen LogP contribution is 2.35. The van der Waals surface area contributed by atoms with Gasteiger partial charge in [-0.2, -0.15) is 0 Å². The number of urea groups is 1. The molecule has 8 heteroatoms. The number of carbonyl (C=O) groups is 2. The van der Waals surface area contributed by atoms with E-state index in [-0.39, 0.29) is 5.56 Å². The first-order chi connectivity index (χ1) is 13.3. The van der Waals surface area contributed by atoms with Gasteiger partial charge in [-0.15, -0.1) is 0 Å². The molecule has 1 fully saturated rings. The number of piperidine rings is 1. The maximum atomic E-state index is 13.9. The predicted octanol–water partition coefficient (Wildman–Crippen LogP) is 2.65. The lowest BCUT2D eigenvalue weighted by atomic mass is 9.72. The summed E-state index contributed by atoms with van der Waals surface area (Å²) < 4.78 is 27.7. The number of nitrogens with two attached hydrogens (primary N) is 1. The van der Waals surface area contributed by atoms with Gasteiger partial charge in [0.2, 0.25) is 5.91 Å². The zero-order chi connectivity index (χ0) is 20.3. The molecule has 148 valence electrons. The third kappa shape index (κ3) is 3.67. The molecular weight excluding hydrogens is 366 g/mol. The van der Waals surface area contributed by atoms with Crippen LogP contribution in [0.3, 0.4) is 0 Å². The van der Waals surface area contributed by atoms with Gasteiger partial charge < -0.3 is 16.0 Å². The van der Waals surface area contributed by atoms with Gasteiger partial charge in [-0.1, -0.05) is 30.3 Å². The number of hydrogen-bond donors (Lipinski definition) is 2. The lowest BCUT2D eigenvalue weighted by Gasteiger charge is -2.40. The Bertz CT molecular complexity index is 848. The van der Waals surface area contributed by atoms with Gasteiger partial charge in [0, 0.05) is 18.7 Å². The summed E-state index contributed by atoms with van der Waals surface area (Å²) in [7, 11) is 0. The van der Waals surface area contributed by atoms with Crippen LogP contribution in [0.2, 0.25) is 0 Å². The smallest absolute Gasteiger partial charge is 0.317 e. The lowest BCUT2D eigenvalue weighted by Crippen LogP contribution is -2.53. The molecule has 0 bridgehead atoms. The number of nitrogens with zero attached hydrogens (tertiary/aromatic N) is 2. The number of benzene rings is 1. The number of amides is 3. The Labute approximate surface area is 161 Å². The second-order valence-electron chi connectivity index (χ2n) is 6.99. The van der Waals surface area contributed by atoms with Crippen molar-refractivity contribution in [1.29, 1.82) is 0 Å². The number of hydrogen-bond acceptors (Lipinski definition) is 3. The first-order valence-electron chi connectivity index (χ1n) is 9.05. The Morgan fingerprint density at radius 1 is 1.14 bits per heavy atom. The van der Waals surface area contributed by atoms with Crippen molar-refractivity contribution in [3.8, 4) is 0 Å². The van der Waals surface area contributed by atoms with Crippen molar-refractivity contribution in [1.82, 2.24) is 15.2 Å². The number of pyridine rings is 1. The zero-order valence-electron chi connectivity index (χ0n) is 15.5. The van der Waals surface area contributed by atoms with Crippen molar-refractivity contribution in [3.05, 3.63) is 65.5 Å². The quantitative estimate of drug-likeness (QED) is 0.844. The zero-order valence-corrected chi connectivity index (χ0v) is 15.5. The molecule has 3 rings (SSSR count). The van der Waals surface area contributed by atoms with E-state index in [1.54, 1.807) is 0 Å². The first kappa shape index (κ1) is 19.7. The predicted molar refractivity (Wildman–Crippen MR) is 99.2 cm³/mol. The van der Waals surface area contributed by atoms with Crippen LogP contribution >= 0.6 is 0 Å². The van der Waals surface area contributed by atoms with E-state index in [1.807, 2.05) is 30.3 Å². The number of primary amides is 1. The Kier molecular flexibility index (Phi) is 5.58. The lowest BCUT2D eigenvalue weighted by molar-refractivity contribution is -0.125. The number of likely N-dealkylation sites (tertiary alicyclic amines) is 1. The monoisotopic (exact) mass is 388 g/mol. The van der Waals surface area contributed by atoms with E-state index in [0.717, 1.165) is 18.0 Å². The van der Waals surface area contributed by atoms with Gasteiger partial charge in [-0.25, -0.2) is 13.6 Å².